The molecule has 0 bridgehead atoms. The number of halogens is 1. The molecule has 1 aromatic heterocycles. The van der Waals surface area contributed by atoms with Gasteiger partial charge in [-0.25, -0.2) is 9.79 Å². The summed E-state index contributed by atoms with van der Waals surface area (Å²) in [6.45, 7) is 8.21. The predicted octanol–water partition coefficient (Wildman–Crippen LogP) is 5.93. The van der Waals surface area contributed by atoms with Gasteiger partial charge in [0.2, 0.25) is 0 Å². The Bertz CT molecular complexity index is 1810. The van der Waals surface area contributed by atoms with Gasteiger partial charge in [-0.3, -0.25) is 9.36 Å². The van der Waals surface area contributed by atoms with Crippen molar-refractivity contribution in [2.45, 2.75) is 46.4 Å². The first-order valence-corrected chi connectivity index (χ1v) is 15.3. The van der Waals surface area contributed by atoms with Gasteiger partial charge in [-0.15, -0.1) is 0 Å². The molecule has 7 nitrogen and oxygen atoms in total. The molecule has 0 saturated heterocycles. The lowest BCUT2D eigenvalue weighted by Crippen LogP contribution is -2.40. The molecule has 0 amide bonds. The van der Waals surface area contributed by atoms with Crippen LogP contribution >= 0.6 is 27.3 Å². The number of hydrogen-bond donors (Lipinski definition) is 0. The molecule has 2 heterocycles. The third-order valence-electron chi connectivity index (χ3n) is 6.59. The number of hydrogen-bond acceptors (Lipinski definition) is 7. The summed E-state index contributed by atoms with van der Waals surface area (Å²) >= 11 is 4.82. The maximum Gasteiger partial charge on any atom is 0.338 e. The summed E-state index contributed by atoms with van der Waals surface area (Å²) < 4.78 is 20.3. The van der Waals surface area contributed by atoms with Crippen LogP contribution in [0.15, 0.2) is 98.3 Å². The lowest BCUT2D eigenvalue weighted by molar-refractivity contribution is -0.143. The molecule has 5 rings (SSSR count). The van der Waals surface area contributed by atoms with Crippen LogP contribution < -0.4 is 24.4 Å². The van der Waals surface area contributed by atoms with E-state index in [9.17, 15) is 9.59 Å². The number of rotatable bonds is 9. The largest absolute Gasteiger partial charge is 0.494 e. The fraction of sp³-hybridized carbons (Fsp3) is 0.242. The van der Waals surface area contributed by atoms with Crippen LogP contribution in [0.3, 0.4) is 0 Å². The van der Waals surface area contributed by atoms with Gasteiger partial charge >= 0.3 is 5.97 Å². The zero-order valence-corrected chi connectivity index (χ0v) is 26.2. The third-order valence-corrected chi connectivity index (χ3v) is 8.06. The highest BCUT2D eigenvalue weighted by atomic mass is 79.9. The van der Waals surface area contributed by atoms with Crippen molar-refractivity contribution in [3.05, 3.63) is 125 Å². The average Bonchev–Trinajstić information content (AvgIpc) is 3.26. The average molecular weight is 648 g/mol. The highest BCUT2D eigenvalue weighted by Crippen LogP contribution is 2.32. The van der Waals surface area contributed by atoms with Crippen LogP contribution in [0, 0.1) is 0 Å². The van der Waals surface area contributed by atoms with Crippen molar-refractivity contribution in [3.63, 3.8) is 0 Å². The molecule has 1 aliphatic heterocycles. The van der Waals surface area contributed by atoms with Crippen LogP contribution in [0.4, 0.5) is 0 Å². The van der Waals surface area contributed by atoms with Crippen LogP contribution in [0.25, 0.3) is 6.08 Å². The molecule has 0 fully saturated rings. The molecule has 0 unspecified atom stereocenters. The van der Waals surface area contributed by atoms with Gasteiger partial charge in [-0.05, 0) is 75.2 Å². The molecule has 9 heteroatoms. The smallest absolute Gasteiger partial charge is 0.338 e. The molecule has 4 aromatic rings. The first kappa shape index (κ1) is 29.5. The minimum Gasteiger partial charge on any atom is -0.494 e. The monoisotopic (exact) mass is 646 g/mol. The predicted molar refractivity (Wildman–Crippen MR) is 168 cm³/mol. The summed E-state index contributed by atoms with van der Waals surface area (Å²) in [5.74, 6) is 0.856. The second kappa shape index (κ2) is 12.9. The quantitative estimate of drug-likeness (QED) is 0.211. The second-order valence-electron chi connectivity index (χ2n) is 9.99. The molecule has 0 spiro atoms. The summed E-state index contributed by atoms with van der Waals surface area (Å²) in [7, 11) is 0. The van der Waals surface area contributed by atoms with E-state index in [0.717, 1.165) is 21.2 Å². The minimum atomic E-state index is -0.707. The number of aromatic nitrogens is 1. The van der Waals surface area contributed by atoms with E-state index in [0.29, 0.717) is 45.3 Å². The number of esters is 1. The van der Waals surface area contributed by atoms with Crippen molar-refractivity contribution >= 4 is 39.3 Å². The van der Waals surface area contributed by atoms with Crippen molar-refractivity contribution in [2.75, 3.05) is 6.61 Å². The van der Waals surface area contributed by atoms with E-state index >= 15 is 0 Å². The van der Waals surface area contributed by atoms with Gasteiger partial charge in [-0.2, -0.15) is 0 Å². The summed E-state index contributed by atoms with van der Waals surface area (Å²) in [6.07, 6.45) is 1.49. The number of ether oxygens (including phenoxy) is 3. The Hall–Kier alpha value is -3.95. The van der Waals surface area contributed by atoms with Crippen LogP contribution in [0.5, 0.6) is 11.5 Å². The third kappa shape index (κ3) is 6.42. The molecule has 1 atom stereocenters. The zero-order chi connectivity index (χ0) is 29.8. The van der Waals surface area contributed by atoms with Crippen LogP contribution in [0.1, 0.15) is 50.4 Å². The van der Waals surface area contributed by atoms with Gasteiger partial charge in [0.15, 0.2) is 4.80 Å². The first-order chi connectivity index (χ1) is 20.2. The fourth-order valence-corrected chi connectivity index (χ4v) is 6.15. The molecule has 3 aromatic carbocycles. The Labute approximate surface area is 256 Å². The zero-order valence-electron chi connectivity index (χ0n) is 23.8. The Balaban J connectivity index is 1.62. The van der Waals surface area contributed by atoms with E-state index < -0.39 is 12.0 Å². The molecule has 0 N–H and O–H groups in total. The minimum absolute atomic E-state index is 0.256. The van der Waals surface area contributed by atoms with Gasteiger partial charge < -0.3 is 14.2 Å². The van der Waals surface area contributed by atoms with E-state index in [4.69, 9.17) is 19.2 Å². The molecular weight excluding hydrogens is 616 g/mol. The first-order valence-electron chi connectivity index (χ1n) is 13.7. The molecule has 1 aliphatic rings. The molecule has 0 saturated carbocycles. The molecule has 42 heavy (non-hydrogen) atoms. The van der Waals surface area contributed by atoms with E-state index in [1.54, 1.807) is 25.3 Å². The lowest BCUT2D eigenvalue weighted by atomic mass is 9.96. The highest BCUT2D eigenvalue weighted by Gasteiger charge is 2.33. The van der Waals surface area contributed by atoms with Crippen molar-refractivity contribution in [3.8, 4) is 11.5 Å². The Morgan fingerprint density at radius 2 is 1.81 bits per heavy atom. The number of thiazole rings is 1. The molecule has 216 valence electrons. The van der Waals surface area contributed by atoms with Gasteiger partial charge in [-0.1, -0.05) is 69.7 Å². The number of fused-ring (bicyclic) bond motifs is 1. The van der Waals surface area contributed by atoms with Crippen molar-refractivity contribution in [2.24, 2.45) is 4.99 Å². The van der Waals surface area contributed by atoms with Gasteiger partial charge in [0.05, 0.1) is 34.6 Å². The Kier molecular flexibility index (Phi) is 9.09. The summed E-state index contributed by atoms with van der Waals surface area (Å²) in [4.78, 5) is 32.6. The maximum atomic E-state index is 14.1. The maximum absolute atomic E-state index is 14.1. The van der Waals surface area contributed by atoms with Crippen LogP contribution in [0.2, 0.25) is 0 Å². The topological polar surface area (TPSA) is 79.1 Å². The lowest BCUT2D eigenvalue weighted by Gasteiger charge is -2.25. The van der Waals surface area contributed by atoms with Crippen LogP contribution in [-0.4, -0.2) is 23.2 Å². The SMILES string of the molecule is CCOc1ccc([C@@H]2C(C(=O)OC(C)C)=C(C)N=c3s/c(=C/c4cc(Br)ccc4OCc4ccccc4)c(=O)n32)cc1. The van der Waals surface area contributed by atoms with E-state index in [2.05, 4.69) is 15.9 Å². The Morgan fingerprint density at radius 3 is 2.50 bits per heavy atom. The number of benzene rings is 3. The standard InChI is InChI=1S/C33H31BrN2O5S/c1-5-39-26-14-11-23(12-15-26)30-29(32(38)41-20(2)3)21(4)35-33-36(30)31(37)28(42-33)18-24-17-25(34)13-16-27(24)40-19-22-9-7-6-8-10-22/h6-18,20,30H,5,19H2,1-4H3/b28-18+/t30-/m1/s1. The summed E-state index contributed by atoms with van der Waals surface area (Å²) in [5, 5.41) is 0. The van der Waals surface area contributed by atoms with Crippen molar-refractivity contribution in [1.29, 1.82) is 0 Å². The van der Waals surface area contributed by atoms with Crippen molar-refractivity contribution < 1.29 is 19.0 Å². The number of allylic oxidation sites excluding steroid dienone is 1. The number of carbonyl (C=O) groups is 1. The number of carbonyl (C=O) groups excluding carboxylic acids is 1. The second-order valence-corrected chi connectivity index (χ2v) is 11.9. The van der Waals surface area contributed by atoms with Crippen LogP contribution in [-0.2, 0) is 16.1 Å². The molecule has 0 aliphatic carbocycles. The number of nitrogens with zero attached hydrogens (tertiary/aromatic N) is 2. The van der Waals surface area contributed by atoms with Gasteiger partial charge in [0.25, 0.3) is 5.56 Å². The molecular formula is C33H31BrN2O5S. The van der Waals surface area contributed by atoms with Gasteiger partial charge in [0.1, 0.15) is 18.1 Å². The summed E-state index contributed by atoms with van der Waals surface area (Å²) in [6, 6.07) is 22.3. The molecule has 0 radical (unpaired) electrons. The van der Waals surface area contributed by atoms with Crippen molar-refractivity contribution in [1.82, 2.24) is 4.57 Å². The van der Waals surface area contributed by atoms with E-state index in [-0.39, 0.29) is 11.7 Å². The van der Waals surface area contributed by atoms with Gasteiger partial charge in [0, 0.05) is 10.0 Å². The highest BCUT2D eigenvalue weighted by molar-refractivity contribution is 9.10. The fourth-order valence-electron chi connectivity index (χ4n) is 4.73. The Morgan fingerprint density at radius 1 is 1.07 bits per heavy atom. The normalized spacial score (nSPS) is 14.9. The van der Waals surface area contributed by atoms with E-state index in [1.807, 2.05) is 85.8 Å². The van der Waals surface area contributed by atoms with E-state index in [1.165, 1.54) is 11.3 Å². The summed E-state index contributed by atoms with van der Waals surface area (Å²) in [5.41, 5.74) is 3.14.